The molecule has 0 saturated heterocycles. The van der Waals surface area contributed by atoms with Crippen molar-refractivity contribution in [2.75, 3.05) is 39.3 Å². The van der Waals surface area contributed by atoms with E-state index in [4.69, 9.17) is 9.47 Å². The molecule has 7 heteroatoms. The fourth-order valence-electron chi connectivity index (χ4n) is 2.57. The predicted octanol–water partition coefficient (Wildman–Crippen LogP) is 2.06. The summed E-state index contributed by atoms with van der Waals surface area (Å²) in [4.78, 5) is 28.4. The summed E-state index contributed by atoms with van der Waals surface area (Å²) < 4.78 is 11.7. The van der Waals surface area contributed by atoms with Crippen molar-refractivity contribution in [1.82, 2.24) is 4.90 Å². The molecule has 2 amide bonds. The maximum Gasteiger partial charge on any atom is 0.280 e. The molecule has 1 unspecified atom stereocenters. The van der Waals surface area contributed by atoms with Crippen LogP contribution in [0.5, 0.6) is 5.75 Å². The minimum atomic E-state index is -1.56. The Morgan fingerprint density at radius 3 is 2.74 bits per heavy atom. The SMILES string of the molecule is COCCCN1C(=O)C(C)(C(=O)N(C)C)Oc2ccc(Br)cc21. The number of benzene rings is 1. The second-order valence-electron chi connectivity index (χ2n) is 5.75. The number of anilines is 1. The molecule has 1 aromatic rings. The van der Waals surface area contributed by atoms with Gasteiger partial charge in [0, 0.05) is 38.8 Å². The number of amides is 2. The monoisotopic (exact) mass is 384 g/mol. The molecule has 1 heterocycles. The van der Waals surface area contributed by atoms with Crippen LogP contribution >= 0.6 is 15.9 Å². The first-order valence-electron chi connectivity index (χ1n) is 7.32. The fourth-order valence-corrected chi connectivity index (χ4v) is 2.92. The number of methoxy groups -OCH3 is 1. The van der Waals surface area contributed by atoms with Crippen molar-refractivity contribution in [2.45, 2.75) is 18.9 Å². The molecule has 0 bridgehead atoms. The van der Waals surface area contributed by atoms with Gasteiger partial charge in [-0.2, -0.15) is 0 Å². The molecule has 0 radical (unpaired) electrons. The quantitative estimate of drug-likeness (QED) is 0.575. The summed E-state index contributed by atoms with van der Waals surface area (Å²) in [5.74, 6) is -0.228. The highest BCUT2D eigenvalue weighted by Crippen LogP contribution is 2.40. The minimum absolute atomic E-state index is 0.363. The lowest BCUT2D eigenvalue weighted by Gasteiger charge is -2.40. The van der Waals surface area contributed by atoms with Crippen LogP contribution in [0.1, 0.15) is 13.3 Å². The van der Waals surface area contributed by atoms with Gasteiger partial charge >= 0.3 is 0 Å². The molecule has 1 aliphatic heterocycles. The van der Waals surface area contributed by atoms with Crippen molar-refractivity contribution in [3.63, 3.8) is 0 Å². The Kier molecular flexibility index (Phi) is 5.31. The number of carbonyl (C=O) groups is 2. The van der Waals surface area contributed by atoms with E-state index in [9.17, 15) is 9.59 Å². The lowest BCUT2D eigenvalue weighted by atomic mass is 9.99. The van der Waals surface area contributed by atoms with Crippen molar-refractivity contribution < 1.29 is 19.1 Å². The Labute approximate surface area is 144 Å². The molecule has 2 rings (SSSR count). The van der Waals surface area contributed by atoms with Gasteiger partial charge in [-0.25, -0.2) is 0 Å². The second-order valence-corrected chi connectivity index (χ2v) is 6.67. The van der Waals surface area contributed by atoms with Crippen molar-refractivity contribution >= 4 is 33.4 Å². The van der Waals surface area contributed by atoms with Gasteiger partial charge in [0.15, 0.2) is 0 Å². The maximum atomic E-state index is 13.0. The number of rotatable bonds is 5. The van der Waals surface area contributed by atoms with Crippen molar-refractivity contribution in [1.29, 1.82) is 0 Å². The molecule has 126 valence electrons. The van der Waals surface area contributed by atoms with Crippen LogP contribution in [0, 0.1) is 0 Å². The lowest BCUT2D eigenvalue weighted by molar-refractivity contribution is -0.154. The topological polar surface area (TPSA) is 59.1 Å². The van der Waals surface area contributed by atoms with Crippen LogP contribution in [0.3, 0.4) is 0 Å². The highest BCUT2D eigenvalue weighted by Gasteiger charge is 2.51. The Morgan fingerprint density at radius 1 is 1.43 bits per heavy atom. The van der Waals surface area contributed by atoms with E-state index in [1.54, 1.807) is 32.2 Å². The van der Waals surface area contributed by atoms with Crippen molar-refractivity contribution in [2.24, 2.45) is 0 Å². The van der Waals surface area contributed by atoms with Gasteiger partial charge in [-0.05, 0) is 31.5 Å². The van der Waals surface area contributed by atoms with Gasteiger partial charge in [0.1, 0.15) is 5.75 Å². The highest BCUT2D eigenvalue weighted by molar-refractivity contribution is 9.10. The van der Waals surface area contributed by atoms with E-state index < -0.39 is 5.60 Å². The minimum Gasteiger partial charge on any atom is -0.465 e. The molecule has 0 saturated carbocycles. The zero-order valence-corrected chi connectivity index (χ0v) is 15.3. The summed E-state index contributed by atoms with van der Waals surface area (Å²) in [6.45, 7) is 2.51. The van der Waals surface area contributed by atoms with Crippen molar-refractivity contribution in [3.05, 3.63) is 22.7 Å². The fraction of sp³-hybridized carbons (Fsp3) is 0.500. The summed E-state index contributed by atoms with van der Waals surface area (Å²) in [6, 6.07) is 5.40. The average Bonchev–Trinajstić information content (AvgIpc) is 2.51. The molecule has 23 heavy (non-hydrogen) atoms. The molecular weight excluding hydrogens is 364 g/mol. The largest absolute Gasteiger partial charge is 0.465 e. The number of halogens is 1. The normalized spacial score (nSPS) is 20.0. The van der Waals surface area contributed by atoms with Crippen LogP contribution in [0.25, 0.3) is 0 Å². The molecule has 1 atom stereocenters. The summed E-state index contributed by atoms with van der Waals surface area (Å²) in [5, 5.41) is 0. The van der Waals surface area contributed by atoms with Crippen LogP contribution in [-0.4, -0.2) is 56.7 Å². The molecule has 0 fully saturated rings. The van der Waals surface area contributed by atoms with E-state index in [1.807, 2.05) is 12.1 Å². The molecule has 0 aromatic heterocycles. The predicted molar refractivity (Wildman–Crippen MR) is 90.7 cm³/mol. The average molecular weight is 385 g/mol. The third kappa shape index (κ3) is 3.35. The van der Waals surface area contributed by atoms with E-state index in [2.05, 4.69) is 15.9 Å². The Hall–Kier alpha value is -1.60. The third-order valence-corrected chi connectivity index (χ3v) is 4.22. The van der Waals surface area contributed by atoms with Gasteiger partial charge in [-0.3, -0.25) is 9.59 Å². The molecule has 0 spiro atoms. The molecule has 1 aromatic carbocycles. The van der Waals surface area contributed by atoms with Gasteiger partial charge in [0.2, 0.25) is 0 Å². The zero-order chi connectivity index (χ0) is 17.2. The van der Waals surface area contributed by atoms with Crippen LogP contribution in [-0.2, 0) is 14.3 Å². The Bertz CT molecular complexity index is 620. The molecule has 1 aliphatic rings. The Morgan fingerprint density at radius 2 is 2.13 bits per heavy atom. The highest BCUT2D eigenvalue weighted by atomic mass is 79.9. The summed E-state index contributed by atoms with van der Waals surface area (Å²) in [5.41, 5.74) is -0.901. The van der Waals surface area contributed by atoms with Crippen molar-refractivity contribution in [3.8, 4) is 5.75 Å². The standard InChI is InChI=1S/C16H21BrN2O4/c1-16(14(20)18(2)3)15(21)19(8-5-9-22-4)12-10-11(17)6-7-13(12)23-16/h6-7,10H,5,8-9H2,1-4H3. The maximum absolute atomic E-state index is 13.0. The first-order valence-corrected chi connectivity index (χ1v) is 8.11. The van der Waals surface area contributed by atoms with Crippen LogP contribution in [0.15, 0.2) is 22.7 Å². The number of hydrogen-bond donors (Lipinski definition) is 0. The summed E-state index contributed by atoms with van der Waals surface area (Å²) >= 11 is 3.41. The number of nitrogens with zero attached hydrogens (tertiary/aromatic N) is 2. The Balaban J connectivity index is 2.44. The summed E-state index contributed by atoms with van der Waals surface area (Å²) in [7, 11) is 4.83. The number of likely N-dealkylation sites (N-methyl/N-ethyl adjacent to an activating group) is 1. The molecule has 0 N–H and O–H groups in total. The van der Waals surface area contributed by atoms with E-state index in [-0.39, 0.29) is 11.8 Å². The van der Waals surface area contributed by atoms with Gasteiger partial charge in [0.05, 0.1) is 5.69 Å². The molecule has 6 nitrogen and oxygen atoms in total. The van der Waals surface area contributed by atoms with Crippen LogP contribution < -0.4 is 9.64 Å². The van der Waals surface area contributed by atoms with Crippen LogP contribution in [0.4, 0.5) is 5.69 Å². The molecular formula is C16H21BrN2O4. The van der Waals surface area contributed by atoms with Gasteiger partial charge in [-0.15, -0.1) is 0 Å². The van der Waals surface area contributed by atoms with Crippen LogP contribution in [0.2, 0.25) is 0 Å². The van der Waals surface area contributed by atoms with E-state index >= 15 is 0 Å². The number of fused-ring (bicyclic) bond motifs is 1. The van der Waals surface area contributed by atoms with E-state index in [0.717, 1.165) is 4.47 Å². The first-order chi connectivity index (χ1) is 10.8. The van der Waals surface area contributed by atoms with E-state index in [1.165, 1.54) is 11.8 Å². The second kappa shape index (κ2) is 6.88. The zero-order valence-electron chi connectivity index (χ0n) is 13.8. The lowest BCUT2D eigenvalue weighted by Crippen LogP contribution is -2.62. The number of hydrogen-bond acceptors (Lipinski definition) is 4. The number of ether oxygens (including phenoxy) is 2. The number of carbonyl (C=O) groups excluding carboxylic acids is 2. The smallest absolute Gasteiger partial charge is 0.280 e. The summed E-state index contributed by atoms with van der Waals surface area (Å²) in [6.07, 6.45) is 0.667. The first kappa shape index (κ1) is 17.7. The van der Waals surface area contributed by atoms with E-state index in [0.29, 0.717) is 31.0 Å². The third-order valence-electron chi connectivity index (χ3n) is 3.72. The van der Waals surface area contributed by atoms with Gasteiger partial charge in [0.25, 0.3) is 17.4 Å². The van der Waals surface area contributed by atoms with Gasteiger partial charge in [-0.1, -0.05) is 15.9 Å². The molecule has 0 aliphatic carbocycles. The van der Waals surface area contributed by atoms with Gasteiger partial charge < -0.3 is 19.3 Å².